The molecule has 2 atom stereocenters. The zero-order chi connectivity index (χ0) is 10.3. The van der Waals surface area contributed by atoms with Crippen molar-refractivity contribution in [2.24, 2.45) is 5.92 Å². The minimum absolute atomic E-state index is 0.346. The van der Waals surface area contributed by atoms with Crippen molar-refractivity contribution in [3.8, 4) is 0 Å². The van der Waals surface area contributed by atoms with Gasteiger partial charge in [-0.05, 0) is 12.3 Å². The molecule has 0 heterocycles. The van der Waals surface area contributed by atoms with Crippen LogP contribution in [0.2, 0.25) is 0 Å². The summed E-state index contributed by atoms with van der Waals surface area (Å²) in [4.78, 5) is 10.6. The molecule has 0 saturated heterocycles. The molecule has 0 aliphatic carbocycles. The molecule has 0 aromatic rings. The molecule has 0 fully saturated rings. The van der Waals surface area contributed by atoms with Crippen LogP contribution in [0.3, 0.4) is 0 Å². The van der Waals surface area contributed by atoms with E-state index in [1.54, 1.807) is 7.11 Å². The smallest absolute Gasteiger partial charge is 0.320 e. The molecule has 0 aliphatic heterocycles. The number of methoxy groups -OCH3 is 1. The SMILES string of the molecule is CCC(NCC(C)COC)C(=O)O. The number of nitrogens with one attached hydrogen (secondary N) is 1. The molecule has 0 aliphatic rings. The molecular weight excluding hydrogens is 170 g/mol. The van der Waals surface area contributed by atoms with Gasteiger partial charge in [-0.1, -0.05) is 13.8 Å². The number of rotatable bonds is 7. The summed E-state index contributed by atoms with van der Waals surface area (Å²) in [6, 6.07) is -0.431. The summed E-state index contributed by atoms with van der Waals surface area (Å²) in [5.74, 6) is -0.439. The lowest BCUT2D eigenvalue weighted by Crippen LogP contribution is -2.39. The molecule has 0 rings (SSSR count). The van der Waals surface area contributed by atoms with Crippen molar-refractivity contribution in [1.29, 1.82) is 0 Å². The van der Waals surface area contributed by atoms with Crippen LogP contribution in [0.25, 0.3) is 0 Å². The maximum absolute atomic E-state index is 10.6. The van der Waals surface area contributed by atoms with Crippen LogP contribution in [0.1, 0.15) is 20.3 Å². The maximum atomic E-state index is 10.6. The maximum Gasteiger partial charge on any atom is 0.320 e. The van der Waals surface area contributed by atoms with Crippen molar-refractivity contribution >= 4 is 5.97 Å². The Balaban J connectivity index is 3.65. The average molecular weight is 189 g/mol. The lowest BCUT2D eigenvalue weighted by molar-refractivity contribution is -0.139. The first-order valence-electron chi connectivity index (χ1n) is 4.56. The number of carboxylic acids is 1. The Kier molecular flexibility index (Phi) is 6.54. The summed E-state index contributed by atoms with van der Waals surface area (Å²) in [5, 5.41) is 11.7. The minimum atomic E-state index is -0.785. The van der Waals surface area contributed by atoms with Gasteiger partial charge in [0.15, 0.2) is 0 Å². The quantitative estimate of drug-likeness (QED) is 0.619. The van der Waals surface area contributed by atoms with Crippen molar-refractivity contribution in [3.63, 3.8) is 0 Å². The van der Waals surface area contributed by atoms with Gasteiger partial charge in [0.05, 0.1) is 0 Å². The Morgan fingerprint density at radius 1 is 1.62 bits per heavy atom. The van der Waals surface area contributed by atoms with Crippen molar-refractivity contribution in [2.45, 2.75) is 26.3 Å². The second kappa shape index (κ2) is 6.86. The molecule has 0 amide bonds. The third kappa shape index (κ3) is 5.60. The van der Waals surface area contributed by atoms with E-state index in [-0.39, 0.29) is 0 Å². The summed E-state index contributed by atoms with van der Waals surface area (Å²) in [6.45, 7) is 5.21. The van der Waals surface area contributed by atoms with Gasteiger partial charge >= 0.3 is 5.97 Å². The highest BCUT2D eigenvalue weighted by atomic mass is 16.5. The number of carboxylic acid groups (broad SMARTS) is 1. The molecule has 4 nitrogen and oxygen atoms in total. The van der Waals surface area contributed by atoms with Gasteiger partial charge in [-0.25, -0.2) is 0 Å². The Labute approximate surface area is 79.3 Å². The third-order valence-electron chi connectivity index (χ3n) is 1.87. The molecule has 0 aromatic heterocycles. The molecule has 0 saturated carbocycles. The number of hydrogen-bond donors (Lipinski definition) is 2. The molecule has 0 radical (unpaired) electrons. The zero-order valence-electron chi connectivity index (χ0n) is 8.54. The van der Waals surface area contributed by atoms with E-state index in [1.807, 2.05) is 13.8 Å². The van der Waals surface area contributed by atoms with Crippen LogP contribution in [0.4, 0.5) is 0 Å². The van der Waals surface area contributed by atoms with Gasteiger partial charge in [0.2, 0.25) is 0 Å². The van der Waals surface area contributed by atoms with E-state index in [0.717, 1.165) is 0 Å². The molecular formula is C9H19NO3. The molecule has 0 spiro atoms. The number of ether oxygens (including phenoxy) is 1. The largest absolute Gasteiger partial charge is 0.480 e. The average Bonchev–Trinajstić information content (AvgIpc) is 2.05. The highest BCUT2D eigenvalue weighted by Gasteiger charge is 2.14. The van der Waals surface area contributed by atoms with Gasteiger partial charge in [0.25, 0.3) is 0 Å². The van der Waals surface area contributed by atoms with Crippen LogP contribution in [0.5, 0.6) is 0 Å². The second-order valence-electron chi connectivity index (χ2n) is 3.27. The molecule has 4 heteroatoms. The van der Waals surface area contributed by atoms with Crippen molar-refractivity contribution in [1.82, 2.24) is 5.32 Å². The first-order chi connectivity index (χ1) is 6.11. The van der Waals surface area contributed by atoms with Crippen LogP contribution < -0.4 is 5.32 Å². The Morgan fingerprint density at radius 3 is 2.62 bits per heavy atom. The first-order valence-corrected chi connectivity index (χ1v) is 4.56. The lowest BCUT2D eigenvalue weighted by Gasteiger charge is -2.15. The summed E-state index contributed by atoms with van der Waals surface area (Å²) in [6.07, 6.45) is 0.606. The summed E-state index contributed by atoms with van der Waals surface area (Å²) in [7, 11) is 1.64. The van der Waals surface area contributed by atoms with E-state index in [0.29, 0.717) is 25.5 Å². The van der Waals surface area contributed by atoms with Crippen molar-refractivity contribution in [2.75, 3.05) is 20.3 Å². The fourth-order valence-corrected chi connectivity index (χ4v) is 1.09. The molecule has 2 unspecified atom stereocenters. The van der Waals surface area contributed by atoms with E-state index >= 15 is 0 Å². The summed E-state index contributed by atoms with van der Waals surface area (Å²) < 4.78 is 4.94. The molecule has 13 heavy (non-hydrogen) atoms. The van der Waals surface area contributed by atoms with E-state index < -0.39 is 12.0 Å². The Morgan fingerprint density at radius 2 is 2.23 bits per heavy atom. The Bertz CT molecular complexity index is 150. The van der Waals surface area contributed by atoms with E-state index in [9.17, 15) is 4.79 Å². The van der Waals surface area contributed by atoms with Crippen LogP contribution >= 0.6 is 0 Å². The monoisotopic (exact) mass is 189 g/mol. The minimum Gasteiger partial charge on any atom is -0.480 e. The van der Waals surface area contributed by atoms with Crippen molar-refractivity contribution < 1.29 is 14.6 Å². The third-order valence-corrected chi connectivity index (χ3v) is 1.87. The molecule has 78 valence electrons. The first kappa shape index (κ1) is 12.4. The predicted octanol–water partition coefficient (Wildman–Crippen LogP) is 0.722. The van der Waals surface area contributed by atoms with Crippen LogP contribution in [-0.4, -0.2) is 37.4 Å². The van der Waals surface area contributed by atoms with Crippen molar-refractivity contribution in [3.05, 3.63) is 0 Å². The van der Waals surface area contributed by atoms with Crippen LogP contribution in [0, 0.1) is 5.92 Å². The van der Waals surface area contributed by atoms with Gasteiger partial charge < -0.3 is 15.2 Å². The van der Waals surface area contributed by atoms with Crippen LogP contribution in [-0.2, 0) is 9.53 Å². The van der Waals surface area contributed by atoms with Gasteiger partial charge in [0, 0.05) is 20.3 Å². The topological polar surface area (TPSA) is 58.6 Å². The van der Waals surface area contributed by atoms with Gasteiger partial charge in [-0.15, -0.1) is 0 Å². The molecule has 0 aromatic carbocycles. The number of carbonyl (C=O) groups is 1. The summed E-state index contributed by atoms with van der Waals surface area (Å²) >= 11 is 0. The van der Waals surface area contributed by atoms with Gasteiger partial charge in [-0.3, -0.25) is 4.79 Å². The summed E-state index contributed by atoms with van der Waals surface area (Å²) in [5.41, 5.74) is 0. The standard InChI is InChI=1S/C9H19NO3/c1-4-8(9(11)12)10-5-7(2)6-13-3/h7-8,10H,4-6H2,1-3H3,(H,11,12). The fourth-order valence-electron chi connectivity index (χ4n) is 1.09. The molecule has 0 bridgehead atoms. The molecule has 2 N–H and O–H groups in total. The van der Waals surface area contributed by atoms with Crippen LogP contribution in [0.15, 0.2) is 0 Å². The predicted molar refractivity (Wildman–Crippen MR) is 50.8 cm³/mol. The normalized spacial score (nSPS) is 15.3. The van der Waals surface area contributed by atoms with E-state index in [2.05, 4.69) is 5.32 Å². The Hall–Kier alpha value is -0.610. The highest BCUT2D eigenvalue weighted by molar-refractivity contribution is 5.73. The second-order valence-corrected chi connectivity index (χ2v) is 3.27. The fraction of sp³-hybridized carbons (Fsp3) is 0.889. The number of hydrogen-bond acceptors (Lipinski definition) is 3. The van der Waals surface area contributed by atoms with Gasteiger partial charge in [0.1, 0.15) is 6.04 Å². The van der Waals surface area contributed by atoms with Gasteiger partial charge in [-0.2, -0.15) is 0 Å². The highest BCUT2D eigenvalue weighted by Crippen LogP contribution is 1.96. The lowest BCUT2D eigenvalue weighted by atomic mass is 10.1. The van der Waals surface area contributed by atoms with E-state index in [4.69, 9.17) is 9.84 Å². The zero-order valence-corrected chi connectivity index (χ0v) is 8.54. The van der Waals surface area contributed by atoms with E-state index in [1.165, 1.54) is 0 Å². The number of aliphatic carboxylic acids is 1.